The summed E-state index contributed by atoms with van der Waals surface area (Å²) < 4.78 is 40.5. The van der Waals surface area contributed by atoms with E-state index < -0.39 is 15.9 Å². The van der Waals surface area contributed by atoms with Crippen LogP contribution >= 0.6 is 11.6 Å². The number of piperidine rings is 1. The van der Waals surface area contributed by atoms with E-state index in [0.717, 1.165) is 0 Å². The summed E-state index contributed by atoms with van der Waals surface area (Å²) in [5.74, 6) is -1.21. The van der Waals surface area contributed by atoms with Crippen molar-refractivity contribution in [2.75, 3.05) is 13.1 Å². The Bertz CT molecular complexity index is 935. The van der Waals surface area contributed by atoms with Gasteiger partial charge in [0.15, 0.2) is 0 Å². The highest BCUT2D eigenvalue weighted by atomic mass is 35.5. The van der Waals surface area contributed by atoms with Gasteiger partial charge in [0.05, 0.1) is 11.7 Å². The molecule has 0 radical (unpaired) electrons. The van der Waals surface area contributed by atoms with E-state index in [1.165, 1.54) is 10.4 Å². The van der Waals surface area contributed by atoms with Gasteiger partial charge in [-0.05, 0) is 36.6 Å². The Hall–Kier alpha value is -1.96. The van der Waals surface area contributed by atoms with Crippen LogP contribution in [0.4, 0.5) is 4.39 Å². The van der Waals surface area contributed by atoms with Crippen molar-refractivity contribution in [3.8, 4) is 0 Å². The van der Waals surface area contributed by atoms with Crippen LogP contribution in [0.25, 0.3) is 0 Å². The average Bonchev–Trinajstić information content (AvgIpc) is 2.69. The molecule has 1 atom stereocenters. The largest absolute Gasteiger partial charge is 0.352 e. The van der Waals surface area contributed by atoms with Crippen molar-refractivity contribution in [2.24, 2.45) is 5.92 Å². The molecule has 2 aromatic carbocycles. The zero-order chi connectivity index (χ0) is 20.1. The molecule has 1 unspecified atom stereocenters. The van der Waals surface area contributed by atoms with Crippen molar-refractivity contribution in [1.82, 2.24) is 9.62 Å². The zero-order valence-corrected chi connectivity index (χ0v) is 16.8. The Morgan fingerprint density at radius 3 is 2.61 bits per heavy atom. The maximum absolute atomic E-state index is 13.7. The number of hydrogen-bond acceptors (Lipinski definition) is 3. The maximum Gasteiger partial charge on any atom is 0.224 e. The van der Waals surface area contributed by atoms with Crippen LogP contribution in [-0.4, -0.2) is 31.7 Å². The first-order valence-electron chi connectivity index (χ1n) is 9.08. The number of nitrogens with zero attached hydrogens (tertiary/aromatic N) is 1. The quantitative estimate of drug-likeness (QED) is 0.773. The summed E-state index contributed by atoms with van der Waals surface area (Å²) in [4.78, 5) is 12.5. The molecule has 0 aromatic heterocycles. The average molecular weight is 425 g/mol. The molecular formula is C20H22ClFN2O3S. The van der Waals surface area contributed by atoms with Crippen molar-refractivity contribution in [2.45, 2.75) is 25.1 Å². The zero-order valence-electron chi connectivity index (χ0n) is 15.3. The van der Waals surface area contributed by atoms with Gasteiger partial charge in [-0.15, -0.1) is 0 Å². The molecule has 8 heteroatoms. The number of benzene rings is 2. The van der Waals surface area contributed by atoms with Crippen molar-refractivity contribution in [3.63, 3.8) is 0 Å². The lowest BCUT2D eigenvalue weighted by Crippen LogP contribution is -2.45. The molecule has 3 rings (SSSR count). The summed E-state index contributed by atoms with van der Waals surface area (Å²) in [6, 6.07) is 12.9. The molecule has 0 aliphatic carbocycles. The van der Waals surface area contributed by atoms with Gasteiger partial charge >= 0.3 is 0 Å². The topological polar surface area (TPSA) is 66.5 Å². The summed E-state index contributed by atoms with van der Waals surface area (Å²) in [6.07, 6.45) is 1.22. The SMILES string of the molecule is O=C(NCc1ccccc1F)C1CCCN(S(=O)(=O)Cc2ccc(Cl)cc2)C1. The fraction of sp³-hybridized carbons (Fsp3) is 0.350. The molecule has 1 amide bonds. The maximum atomic E-state index is 13.7. The molecule has 0 bridgehead atoms. The number of halogens is 2. The molecule has 0 spiro atoms. The Morgan fingerprint density at radius 1 is 1.18 bits per heavy atom. The van der Waals surface area contributed by atoms with Gasteiger partial charge in [-0.2, -0.15) is 0 Å². The van der Waals surface area contributed by atoms with Crippen LogP contribution in [0.2, 0.25) is 5.02 Å². The Kier molecular flexibility index (Phi) is 6.69. The van der Waals surface area contributed by atoms with E-state index in [-0.39, 0.29) is 30.6 Å². The minimum atomic E-state index is -3.54. The van der Waals surface area contributed by atoms with Gasteiger partial charge in [-0.3, -0.25) is 4.79 Å². The van der Waals surface area contributed by atoms with Crippen molar-refractivity contribution in [3.05, 3.63) is 70.5 Å². The van der Waals surface area contributed by atoms with Gasteiger partial charge in [0.2, 0.25) is 15.9 Å². The normalized spacial score (nSPS) is 18.0. The standard InChI is InChI=1S/C20H22ClFN2O3S/c21-18-9-7-15(8-10-18)14-28(26,27)24-11-3-5-17(13-24)20(25)23-12-16-4-1-2-6-19(16)22/h1-2,4,6-10,17H,3,5,11-14H2,(H,23,25). The summed E-state index contributed by atoms with van der Waals surface area (Å²) in [7, 11) is -3.54. The van der Waals surface area contributed by atoms with Crippen LogP contribution in [0, 0.1) is 11.7 Å². The van der Waals surface area contributed by atoms with Crippen LogP contribution in [0.15, 0.2) is 48.5 Å². The Balaban J connectivity index is 1.60. The monoisotopic (exact) mass is 424 g/mol. The van der Waals surface area contributed by atoms with Crippen LogP contribution in [0.1, 0.15) is 24.0 Å². The van der Waals surface area contributed by atoms with Crippen molar-refractivity contribution >= 4 is 27.5 Å². The molecule has 1 aliphatic heterocycles. The summed E-state index contributed by atoms with van der Waals surface area (Å²) in [5.41, 5.74) is 1.05. The van der Waals surface area contributed by atoms with Crippen LogP contribution in [0.5, 0.6) is 0 Å². The predicted molar refractivity (Wildman–Crippen MR) is 107 cm³/mol. The third-order valence-electron chi connectivity index (χ3n) is 4.82. The number of carbonyl (C=O) groups excluding carboxylic acids is 1. The van der Waals surface area contributed by atoms with Crippen molar-refractivity contribution in [1.29, 1.82) is 0 Å². The van der Waals surface area contributed by atoms with E-state index in [0.29, 0.717) is 35.5 Å². The Morgan fingerprint density at radius 2 is 1.89 bits per heavy atom. The molecular weight excluding hydrogens is 403 g/mol. The first-order valence-corrected chi connectivity index (χ1v) is 11.1. The molecule has 28 heavy (non-hydrogen) atoms. The molecule has 5 nitrogen and oxygen atoms in total. The summed E-state index contributed by atoms with van der Waals surface area (Å²) in [6.45, 7) is 0.617. The molecule has 1 fully saturated rings. The summed E-state index contributed by atoms with van der Waals surface area (Å²) >= 11 is 5.84. The second-order valence-corrected chi connectivity index (χ2v) is 9.29. The molecule has 1 N–H and O–H groups in total. The molecule has 150 valence electrons. The highest BCUT2D eigenvalue weighted by molar-refractivity contribution is 7.88. The van der Waals surface area contributed by atoms with E-state index in [1.807, 2.05) is 0 Å². The lowest BCUT2D eigenvalue weighted by atomic mass is 9.98. The van der Waals surface area contributed by atoms with Crippen LogP contribution in [-0.2, 0) is 27.1 Å². The first-order chi connectivity index (χ1) is 13.3. The van der Waals surface area contributed by atoms with E-state index in [9.17, 15) is 17.6 Å². The Labute approximate surface area is 169 Å². The number of sulfonamides is 1. The van der Waals surface area contributed by atoms with Crippen molar-refractivity contribution < 1.29 is 17.6 Å². The number of carbonyl (C=O) groups is 1. The van der Waals surface area contributed by atoms with Crippen LogP contribution < -0.4 is 5.32 Å². The third kappa shape index (κ3) is 5.31. The van der Waals surface area contributed by atoms with E-state index in [1.54, 1.807) is 42.5 Å². The predicted octanol–water partition coefficient (Wildman–Crippen LogP) is 3.34. The minimum Gasteiger partial charge on any atom is -0.352 e. The van der Waals surface area contributed by atoms with Gasteiger partial charge in [0.25, 0.3) is 0 Å². The number of rotatable bonds is 6. The number of hydrogen-bond donors (Lipinski definition) is 1. The fourth-order valence-corrected chi connectivity index (χ4v) is 5.00. The summed E-state index contributed by atoms with van der Waals surface area (Å²) in [5, 5.41) is 3.27. The van der Waals surface area contributed by atoms with E-state index in [4.69, 9.17) is 11.6 Å². The molecule has 0 saturated carbocycles. The van der Waals surface area contributed by atoms with Gasteiger partial charge < -0.3 is 5.32 Å². The lowest BCUT2D eigenvalue weighted by molar-refractivity contribution is -0.126. The van der Waals surface area contributed by atoms with Gasteiger partial charge in [0.1, 0.15) is 5.82 Å². The minimum absolute atomic E-state index is 0.0829. The molecule has 1 aliphatic rings. The molecule has 2 aromatic rings. The third-order valence-corrected chi connectivity index (χ3v) is 6.89. The van der Waals surface area contributed by atoms with E-state index >= 15 is 0 Å². The van der Waals surface area contributed by atoms with E-state index in [2.05, 4.69) is 5.32 Å². The molecule has 1 saturated heterocycles. The smallest absolute Gasteiger partial charge is 0.224 e. The van der Waals surface area contributed by atoms with Gasteiger partial charge in [0, 0.05) is 30.2 Å². The lowest BCUT2D eigenvalue weighted by Gasteiger charge is -2.31. The number of amides is 1. The molecule has 1 heterocycles. The second-order valence-electron chi connectivity index (χ2n) is 6.89. The first kappa shape index (κ1) is 20.8. The highest BCUT2D eigenvalue weighted by Crippen LogP contribution is 2.22. The number of nitrogens with one attached hydrogen (secondary N) is 1. The second kappa shape index (κ2) is 9.03. The van der Waals surface area contributed by atoms with Gasteiger partial charge in [-0.1, -0.05) is 41.9 Å². The van der Waals surface area contributed by atoms with Gasteiger partial charge in [-0.25, -0.2) is 17.1 Å². The van der Waals surface area contributed by atoms with Crippen LogP contribution in [0.3, 0.4) is 0 Å². The highest BCUT2D eigenvalue weighted by Gasteiger charge is 2.32. The fourth-order valence-electron chi connectivity index (χ4n) is 3.26.